The summed E-state index contributed by atoms with van der Waals surface area (Å²) in [6.07, 6.45) is 1.72. The first kappa shape index (κ1) is 20.8. The van der Waals surface area contributed by atoms with Crippen LogP contribution in [0.2, 0.25) is 0 Å². The summed E-state index contributed by atoms with van der Waals surface area (Å²) in [5.41, 5.74) is 11.1. The Morgan fingerprint density at radius 1 is 1.06 bits per heavy atom. The van der Waals surface area contributed by atoms with Crippen molar-refractivity contribution in [3.05, 3.63) is 65.9 Å². The number of carbonyl (C=O) groups is 1. The Bertz CT molecular complexity index is 1060. The molecular weight excluding hydrogens is 388 g/mol. The molecule has 160 valence electrons. The molecule has 1 aliphatic heterocycles. The Labute approximate surface area is 182 Å². The van der Waals surface area contributed by atoms with Crippen LogP contribution < -0.4 is 11.1 Å². The normalized spacial score (nSPS) is 14.5. The molecule has 0 saturated carbocycles. The Morgan fingerprint density at radius 2 is 1.81 bits per heavy atom. The van der Waals surface area contributed by atoms with Crippen molar-refractivity contribution in [3.8, 4) is 11.3 Å². The molecule has 1 amide bonds. The molecule has 3 N–H and O–H groups in total. The van der Waals surface area contributed by atoms with Crippen molar-refractivity contribution in [2.45, 2.75) is 13.8 Å². The van der Waals surface area contributed by atoms with Gasteiger partial charge in [0.25, 0.3) is 5.91 Å². The largest absolute Gasteiger partial charge is 0.398 e. The van der Waals surface area contributed by atoms with E-state index in [-0.39, 0.29) is 5.91 Å². The van der Waals surface area contributed by atoms with E-state index in [0.29, 0.717) is 11.5 Å². The molecule has 0 unspecified atom stereocenters. The molecular formula is C24H28N6O. The zero-order valence-corrected chi connectivity index (χ0v) is 18.0. The minimum atomic E-state index is 0.0812. The van der Waals surface area contributed by atoms with Crippen LogP contribution in [0.5, 0.6) is 0 Å². The summed E-state index contributed by atoms with van der Waals surface area (Å²) in [4.78, 5) is 26.0. The molecule has 1 saturated heterocycles. The summed E-state index contributed by atoms with van der Waals surface area (Å²) < 4.78 is 0. The average molecular weight is 417 g/mol. The van der Waals surface area contributed by atoms with Crippen LogP contribution in [0.1, 0.15) is 22.8 Å². The predicted molar refractivity (Wildman–Crippen MR) is 124 cm³/mol. The quantitative estimate of drug-likeness (QED) is 0.619. The number of piperazine rings is 1. The van der Waals surface area contributed by atoms with E-state index in [1.54, 1.807) is 6.20 Å². The number of amides is 1. The Balaban J connectivity index is 1.45. The average Bonchev–Trinajstić information content (AvgIpc) is 2.81. The molecule has 0 aliphatic carbocycles. The van der Waals surface area contributed by atoms with Gasteiger partial charge in [0.05, 0.1) is 5.69 Å². The number of likely N-dealkylation sites (N-methyl/N-ethyl adjacent to an activating group) is 1. The Kier molecular flexibility index (Phi) is 6.13. The number of nitrogens with one attached hydrogen (secondary N) is 1. The van der Waals surface area contributed by atoms with Crippen LogP contribution in [-0.2, 0) is 0 Å². The molecule has 0 atom stereocenters. The van der Waals surface area contributed by atoms with Crippen molar-refractivity contribution in [2.24, 2.45) is 0 Å². The van der Waals surface area contributed by atoms with Crippen LogP contribution in [0.25, 0.3) is 11.3 Å². The van der Waals surface area contributed by atoms with Gasteiger partial charge in [-0.25, -0.2) is 9.97 Å². The first-order valence-corrected chi connectivity index (χ1v) is 10.6. The first-order chi connectivity index (χ1) is 15.0. The number of nitrogen functional groups attached to an aromatic ring is 1. The summed E-state index contributed by atoms with van der Waals surface area (Å²) in [6, 6.07) is 15.1. The van der Waals surface area contributed by atoms with Crippen molar-refractivity contribution in [1.29, 1.82) is 0 Å². The van der Waals surface area contributed by atoms with E-state index in [1.807, 2.05) is 60.4 Å². The second-order valence-corrected chi connectivity index (χ2v) is 7.71. The fourth-order valence-electron chi connectivity index (χ4n) is 3.77. The van der Waals surface area contributed by atoms with Gasteiger partial charge in [-0.2, -0.15) is 0 Å². The maximum absolute atomic E-state index is 12.8. The number of carbonyl (C=O) groups excluding carboxylic acids is 1. The van der Waals surface area contributed by atoms with Crippen LogP contribution in [0.4, 0.5) is 17.3 Å². The third-order valence-corrected chi connectivity index (χ3v) is 5.80. The van der Waals surface area contributed by atoms with Gasteiger partial charge in [-0.3, -0.25) is 4.79 Å². The van der Waals surface area contributed by atoms with Gasteiger partial charge < -0.3 is 20.9 Å². The third kappa shape index (κ3) is 4.67. The molecule has 1 aromatic heterocycles. The highest BCUT2D eigenvalue weighted by Crippen LogP contribution is 2.26. The molecule has 7 heteroatoms. The Hall–Kier alpha value is -3.45. The zero-order chi connectivity index (χ0) is 21.8. The molecule has 7 nitrogen and oxygen atoms in total. The van der Waals surface area contributed by atoms with E-state index >= 15 is 0 Å². The summed E-state index contributed by atoms with van der Waals surface area (Å²) >= 11 is 0. The third-order valence-electron chi connectivity index (χ3n) is 5.80. The van der Waals surface area contributed by atoms with Crippen LogP contribution in [0, 0.1) is 6.92 Å². The maximum atomic E-state index is 12.8. The fraction of sp³-hybridized carbons (Fsp3) is 0.292. The van der Waals surface area contributed by atoms with E-state index in [0.717, 1.165) is 60.9 Å². The highest BCUT2D eigenvalue weighted by Gasteiger charge is 2.21. The minimum Gasteiger partial charge on any atom is -0.398 e. The summed E-state index contributed by atoms with van der Waals surface area (Å²) in [6.45, 7) is 8.58. The number of hydrogen-bond acceptors (Lipinski definition) is 6. The van der Waals surface area contributed by atoms with Gasteiger partial charge in [0, 0.05) is 54.9 Å². The van der Waals surface area contributed by atoms with Gasteiger partial charge in [-0.1, -0.05) is 19.1 Å². The fourth-order valence-corrected chi connectivity index (χ4v) is 3.77. The van der Waals surface area contributed by atoms with E-state index in [9.17, 15) is 4.79 Å². The van der Waals surface area contributed by atoms with Gasteiger partial charge in [-0.05, 0) is 55.4 Å². The number of anilines is 3. The zero-order valence-electron chi connectivity index (χ0n) is 18.0. The number of nitrogens with two attached hydrogens (primary N) is 1. The summed E-state index contributed by atoms with van der Waals surface area (Å²) in [5.74, 6) is 0.576. The summed E-state index contributed by atoms with van der Waals surface area (Å²) in [5, 5.41) is 3.22. The van der Waals surface area contributed by atoms with Gasteiger partial charge in [0.15, 0.2) is 0 Å². The van der Waals surface area contributed by atoms with Gasteiger partial charge in [0.2, 0.25) is 5.95 Å². The molecule has 4 rings (SSSR count). The van der Waals surface area contributed by atoms with Gasteiger partial charge in [0.1, 0.15) is 0 Å². The number of aromatic nitrogens is 2. The van der Waals surface area contributed by atoms with Crippen LogP contribution >= 0.6 is 0 Å². The van der Waals surface area contributed by atoms with Crippen molar-refractivity contribution >= 4 is 23.2 Å². The molecule has 0 spiro atoms. The van der Waals surface area contributed by atoms with Crippen molar-refractivity contribution < 1.29 is 4.79 Å². The molecule has 31 heavy (non-hydrogen) atoms. The first-order valence-electron chi connectivity index (χ1n) is 10.6. The smallest absolute Gasteiger partial charge is 0.253 e. The maximum Gasteiger partial charge on any atom is 0.253 e. The highest BCUT2D eigenvalue weighted by molar-refractivity contribution is 5.94. The number of benzene rings is 2. The van der Waals surface area contributed by atoms with Crippen LogP contribution in [0.3, 0.4) is 0 Å². The van der Waals surface area contributed by atoms with Crippen molar-refractivity contribution in [2.75, 3.05) is 43.8 Å². The second-order valence-electron chi connectivity index (χ2n) is 7.71. The lowest BCUT2D eigenvalue weighted by Gasteiger charge is -2.34. The molecule has 2 aromatic carbocycles. The van der Waals surface area contributed by atoms with Crippen LogP contribution in [0.15, 0.2) is 54.7 Å². The molecule has 1 fully saturated rings. The molecule has 0 radical (unpaired) electrons. The van der Waals surface area contributed by atoms with Gasteiger partial charge in [-0.15, -0.1) is 0 Å². The van der Waals surface area contributed by atoms with Crippen molar-refractivity contribution in [1.82, 2.24) is 19.8 Å². The molecule has 1 aliphatic rings. The van der Waals surface area contributed by atoms with Gasteiger partial charge >= 0.3 is 0 Å². The summed E-state index contributed by atoms with van der Waals surface area (Å²) in [7, 11) is 0. The lowest BCUT2D eigenvalue weighted by atomic mass is 10.0. The number of nitrogens with zero attached hydrogens (tertiary/aromatic N) is 4. The topological polar surface area (TPSA) is 87.4 Å². The lowest BCUT2D eigenvalue weighted by molar-refractivity contribution is 0.0643. The molecule has 2 heterocycles. The standard InChI is InChI=1S/C24H28N6O/c1-3-29-13-15-30(16-14-29)23(31)18-7-9-19(10-8-18)27-24-26-12-11-22(28-24)20-5-4-6-21(25)17(20)2/h4-12H,3,13-16,25H2,1-2H3,(H,26,27,28). The van der Waals surface area contributed by atoms with E-state index in [4.69, 9.17) is 5.73 Å². The van der Waals surface area contributed by atoms with Crippen molar-refractivity contribution in [3.63, 3.8) is 0 Å². The highest BCUT2D eigenvalue weighted by atomic mass is 16.2. The molecule has 0 bridgehead atoms. The van der Waals surface area contributed by atoms with Crippen LogP contribution in [-0.4, -0.2) is 58.4 Å². The lowest BCUT2D eigenvalue weighted by Crippen LogP contribution is -2.48. The van der Waals surface area contributed by atoms with E-state index in [1.165, 1.54) is 0 Å². The number of hydrogen-bond donors (Lipinski definition) is 2. The van der Waals surface area contributed by atoms with E-state index < -0.39 is 0 Å². The predicted octanol–water partition coefficient (Wildman–Crippen LogP) is 3.56. The second kappa shape index (κ2) is 9.14. The monoisotopic (exact) mass is 416 g/mol. The Morgan fingerprint density at radius 3 is 2.52 bits per heavy atom. The number of rotatable bonds is 5. The minimum absolute atomic E-state index is 0.0812. The van der Waals surface area contributed by atoms with E-state index in [2.05, 4.69) is 27.1 Å². The molecule has 3 aromatic rings. The SMILES string of the molecule is CCN1CCN(C(=O)c2ccc(Nc3nccc(-c4cccc(N)c4C)n3)cc2)CC1.